The number of fused-ring (bicyclic) bond motifs is 2. The number of furan rings is 1. The van der Waals surface area contributed by atoms with Gasteiger partial charge in [0, 0.05) is 131 Å². The van der Waals surface area contributed by atoms with Crippen LogP contribution in [0.4, 0.5) is 0 Å². The van der Waals surface area contributed by atoms with Crippen molar-refractivity contribution in [3.63, 3.8) is 0 Å². The number of carbonyl (C=O) groups excluding carboxylic acids is 4. The number of aromatic amines is 1. The highest BCUT2D eigenvalue weighted by Crippen LogP contribution is 2.43. The lowest BCUT2D eigenvalue weighted by molar-refractivity contribution is -0.133. The van der Waals surface area contributed by atoms with E-state index in [1.54, 1.807) is 88.8 Å². The fourth-order valence-electron chi connectivity index (χ4n) is 10.2. The number of hydrogen-bond donors (Lipinski definition) is 1. The van der Waals surface area contributed by atoms with Crippen molar-refractivity contribution < 1.29 is 33.1 Å². The van der Waals surface area contributed by atoms with Crippen molar-refractivity contribution in [3.8, 4) is 33.9 Å². The first kappa shape index (κ1) is 49.7. The molecule has 75 heavy (non-hydrogen) atoms. The molecule has 0 fully saturated rings. The summed E-state index contributed by atoms with van der Waals surface area (Å²) < 4.78 is 21.5. The van der Waals surface area contributed by atoms with Crippen molar-refractivity contribution in [2.24, 2.45) is 11.8 Å². The number of carbonyl (C=O) groups is 4. The normalized spacial score (nSPS) is 15.7. The molecule has 1 N–H and O–H groups in total. The van der Waals surface area contributed by atoms with Gasteiger partial charge in [-0.15, -0.1) is 10.2 Å². The fourth-order valence-corrected chi connectivity index (χ4v) is 10.2. The first-order chi connectivity index (χ1) is 36.3. The van der Waals surface area contributed by atoms with Crippen LogP contribution >= 0.6 is 0 Å². The number of methoxy groups -OCH3 is 2. The van der Waals surface area contributed by atoms with Crippen LogP contribution in [0.3, 0.4) is 0 Å². The Labute approximate surface area is 433 Å². The van der Waals surface area contributed by atoms with Gasteiger partial charge in [-0.05, 0) is 89.4 Å². The number of benzene rings is 3. The second kappa shape index (κ2) is 20.9. The van der Waals surface area contributed by atoms with E-state index in [-0.39, 0.29) is 60.6 Å². The van der Waals surface area contributed by atoms with E-state index in [0.717, 1.165) is 49.9 Å². The van der Waals surface area contributed by atoms with E-state index in [4.69, 9.17) is 18.9 Å². The lowest BCUT2D eigenvalue weighted by Crippen LogP contribution is -2.46. The Hall–Kier alpha value is -8.87. The van der Waals surface area contributed by atoms with E-state index in [1.807, 2.05) is 65.3 Å². The Morgan fingerprint density at radius 3 is 1.89 bits per heavy atom. The molecule has 0 saturated heterocycles. The monoisotopic (exact) mass is 1010 g/mol. The lowest BCUT2D eigenvalue weighted by atomic mass is 9.81. The third-order valence-electron chi connectivity index (χ3n) is 14.0. The standard InChI is InChI=1S/C56H58N12O7/c1-34-10-8-11-47(73-6)52(34)44-26-35(22-37-28-49(75-54(37)44)56(72)64(4)5)38-23-40(32-65(30-38)50(69)13-18-67-20-16-58-61-67)41-24-39(31-66(33-41)51(70)14-19-68-21-17-59-62-68)36-25-43(53-48(74-7)12-9-15-57-53)42-29-46(55(71)63(2)3)60-45(42)27-36/h8-12,15-17,20-29,40-41,60H,13-14,18-19,30-33H2,1-7H3. The zero-order chi connectivity index (χ0) is 52.5. The van der Waals surface area contributed by atoms with E-state index in [9.17, 15) is 19.2 Å². The molecule has 2 aliphatic rings. The van der Waals surface area contributed by atoms with E-state index >= 15 is 0 Å². The minimum Gasteiger partial charge on any atom is -0.496 e. The van der Waals surface area contributed by atoms with Crippen molar-refractivity contribution in [1.29, 1.82) is 0 Å². The second-order valence-electron chi connectivity index (χ2n) is 19.4. The van der Waals surface area contributed by atoms with Crippen LogP contribution in [0.25, 0.3) is 55.4 Å². The molecule has 384 valence electrons. The molecule has 0 spiro atoms. The van der Waals surface area contributed by atoms with Crippen LogP contribution in [0.15, 0.2) is 114 Å². The number of rotatable bonds is 15. The Bertz CT molecular complexity index is 3520. The average Bonchev–Trinajstić information content (AvgIpc) is 4.31. The van der Waals surface area contributed by atoms with Crippen LogP contribution in [0.5, 0.6) is 11.5 Å². The van der Waals surface area contributed by atoms with Gasteiger partial charge in [0.1, 0.15) is 28.5 Å². The van der Waals surface area contributed by atoms with Crippen LogP contribution in [-0.4, -0.2) is 152 Å². The SMILES string of the molecule is COc1cccnc1-c1cc(C2=CC(C3C=C(c4cc(-c5c(C)cccc5OC)c5oc(C(=O)N(C)C)cc5c4)CN(C(=O)CCn4ccnn4)C3)CN(C(=O)CCn3ccnn3)C2)cc2[nH]c(C(=O)N(C)C)cc12. The number of H-pyrrole nitrogens is 1. The number of pyridine rings is 1. The maximum atomic E-state index is 14.6. The van der Waals surface area contributed by atoms with Crippen LogP contribution in [0, 0.1) is 18.8 Å². The van der Waals surface area contributed by atoms with Crippen molar-refractivity contribution >= 4 is 56.6 Å². The van der Waals surface area contributed by atoms with Gasteiger partial charge in [0.05, 0.1) is 39.7 Å². The maximum absolute atomic E-state index is 14.6. The summed E-state index contributed by atoms with van der Waals surface area (Å²) in [5.74, 6) is 0.207. The van der Waals surface area contributed by atoms with Crippen LogP contribution in [-0.2, 0) is 22.7 Å². The molecule has 2 atom stereocenters. The molecular formula is C56H58N12O7. The van der Waals surface area contributed by atoms with Crippen molar-refractivity contribution in [1.82, 2.24) is 59.6 Å². The molecular weight excluding hydrogens is 953 g/mol. The average molecular weight is 1010 g/mol. The Kier molecular flexibility index (Phi) is 13.9. The molecule has 2 unspecified atom stereocenters. The van der Waals surface area contributed by atoms with Crippen molar-refractivity contribution in [2.75, 3.05) is 68.6 Å². The second-order valence-corrected chi connectivity index (χ2v) is 19.4. The Morgan fingerprint density at radius 2 is 1.31 bits per heavy atom. The van der Waals surface area contributed by atoms with Gasteiger partial charge in [-0.25, -0.2) is 0 Å². The molecule has 5 aromatic heterocycles. The maximum Gasteiger partial charge on any atom is 0.289 e. The predicted molar refractivity (Wildman–Crippen MR) is 282 cm³/mol. The van der Waals surface area contributed by atoms with Crippen LogP contribution in [0.2, 0.25) is 0 Å². The summed E-state index contributed by atoms with van der Waals surface area (Å²) in [6, 6.07) is 21.3. The highest BCUT2D eigenvalue weighted by atomic mass is 16.5. The highest BCUT2D eigenvalue weighted by molar-refractivity contribution is 6.05. The number of amides is 4. The number of aryl methyl sites for hydroxylation is 3. The molecule has 3 aromatic carbocycles. The fraction of sp³-hybridized carbons (Fsp3) is 0.304. The van der Waals surface area contributed by atoms with Gasteiger partial charge < -0.3 is 38.5 Å². The van der Waals surface area contributed by atoms with Gasteiger partial charge in [0.2, 0.25) is 11.8 Å². The summed E-state index contributed by atoms with van der Waals surface area (Å²) in [4.78, 5) is 71.0. The summed E-state index contributed by atoms with van der Waals surface area (Å²) in [5.41, 5.74) is 8.92. The summed E-state index contributed by atoms with van der Waals surface area (Å²) in [6.45, 7) is 4.00. The predicted octanol–water partition coefficient (Wildman–Crippen LogP) is 7.12. The minimum absolute atomic E-state index is 0.0693. The van der Waals surface area contributed by atoms with Gasteiger partial charge in [-0.3, -0.25) is 33.5 Å². The van der Waals surface area contributed by atoms with Crippen molar-refractivity contribution in [2.45, 2.75) is 32.9 Å². The van der Waals surface area contributed by atoms with Gasteiger partial charge in [-0.2, -0.15) is 0 Å². The van der Waals surface area contributed by atoms with Gasteiger partial charge >= 0.3 is 0 Å². The van der Waals surface area contributed by atoms with E-state index in [2.05, 4.69) is 49.9 Å². The molecule has 2 aliphatic heterocycles. The topological polar surface area (TPSA) is 203 Å². The number of hydrogen-bond acceptors (Lipinski definition) is 12. The quantitative estimate of drug-likeness (QED) is 0.109. The molecule has 10 rings (SSSR count). The van der Waals surface area contributed by atoms with Crippen LogP contribution in [0.1, 0.15) is 50.6 Å². The van der Waals surface area contributed by atoms with Crippen molar-refractivity contribution in [3.05, 3.63) is 138 Å². The first-order valence-electron chi connectivity index (χ1n) is 24.7. The van der Waals surface area contributed by atoms with E-state index < -0.39 is 0 Å². The molecule has 19 nitrogen and oxygen atoms in total. The third-order valence-corrected chi connectivity index (χ3v) is 14.0. The highest BCUT2D eigenvalue weighted by Gasteiger charge is 2.35. The third kappa shape index (κ3) is 10.1. The molecule has 7 heterocycles. The molecule has 8 aromatic rings. The molecule has 0 radical (unpaired) electrons. The van der Waals surface area contributed by atoms with Gasteiger partial charge in [-0.1, -0.05) is 34.7 Å². The van der Waals surface area contributed by atoms with E-state index in [0.29, 0.717) is 72.1 Å². The molecule has 0 saturated carbocycles. The molecule has 4 amide bonds. The van der Waals surface area contributed by atoms with E-state index in [1.165, 1.54) is 9.80 Å². The minimum atomic E-state index is -0.291. The number of nitrogens with zero attached hydrogens (tertiary/aromatic N) is 11. The molecule has 0 aliphatic carbocycles. The smallest absolute Gasteiger partial charge is 0.289 e. The molecule has 0 bridgehead atoms. The first-order valence-corrected chi connectivity index (χ1v) is 24.7. The zero-order valence-electron chi connectivity index (χ0n) is 43.0. The number of nitrogens with one attached hydrogen (secondary N) is 1. The van der Waals surface area contributed by atoms with Crippen LogP contribution < -0.4 is 9.47 Å². The summed E-state index contributed by atoms with van der Waals surface area (Å²) >= 11 is 0. The van der Waals surface area contributed by atoms with Gasteiger partial charge in [0.25, 0.3) is 11.8 Å². The number of ether oxygens (including phenoxy) is 2. The summed E-state index contributed by atoms with van der Waals surface area (Å²) in [6.07, 6.45) is 13.2. The Balaban J connectivity index is 1.13. The summed E-state index contributed by atoms with van der Waals surface area (Å²) in [5, 5.41) is 17.6. The largest absolute Gasteiger partial charge is 0.496 e. The Morgan fingerprint density at radius 1 is 0.707 bits per heavy atom. The van der Waals surface area contributed by atoms with Gasteiger partial charge in [0.15, 0.2) is 5.76 Å². The summed E-state index contributed by atoms with van der Waals surface area (Å²) in [7, 11) is 10.0. The lowest BCUT2D eigenvalue weighted by Gasteiger charge is -2.40. The number of aromatic nitrogens is 8. The zero-order valence-corrected chi connectivity index (χ0v) is 43.0. The molecule has 19 heteroatoms.